The Kier molecular flexibility index (Phi) is 6.16. The van der Waals surface area contributed by atoms with Gasteiger partial charge in [0, 0.05) is 30.2 Å². The van der Waals surface area contributed by atoms with E-state index in [1.54, 1.807) is 12.1 Å². The number of carbonyl (C=O) groups excluding carboxylic acids is 1. The Morgan fingerprint density at radius 1 is 1.11 bits per heavy atom. The number of hydrogen-bond donors (Lipinski definition) is 0. The Morgan fingerprint density at radius 3 is 2.63 bits per heavy atom. The van der Waals surface area contributed by atoms with Crippen molar-refractivity contribution in [2.45, 2.75) is 6.54 Å². The lowest BCUT2D eigenvalue weighted by Crippen LogP contribution is -2.36. The number of carbonyl (C=O) groups is 1. The van der Waals surface area contributed by atoms with Crippen molar-refractivity contribution in [2.24, 2.45) is 0 Å². The molecule has 0 unspecified atom stereocenters. The minimum atomic E-state index is -0.0493. The summed E-state index contributed by atoms with van der Waals surface area (Å²) in [6.07, 6.45) is 1.50. The molecular weight excluding hydrogens is 364 g/mol. The van der Waals surface area contributed by atoms with Gasteiger partial charge in [0.1, 0.15) is 6.33 Å². The number of rotatable bonds is 7. The van der Waals surface area contributed by atoms with Crippen LogP contribution in [0.5, 0.6) is 0 Å². The molecule has 0 spiro atoms. The molecule has 1 heterocycles. The van der Waals surface area contributed by atoms with Gasteiger partial charge in [-0.1, -0.05) is 29.8 Å². The molecule has 0 N–H and O–H groups in total. The molecule has 3 rings (SSSR count). The molecule has 27 heavy (non-hydrogen) atoms. The minimum absolute atomic E-state index is 0.0493. The maximum absolute atomic E-state index is 13.2. The normalized spacial score (nSPS) is 11.0. The van der Waals surface area contributed by atoms with Gasteiger partial charge in [-0.25, -0.2) is 4.68 Å². The Morgan fingerprint density at radius 2 is 1.93 bits per heavy atom. The third kappa shape index (κ3) is 5.12. The second kappa shape index (κ2) is 8.75. The second-order valence-corrected chi connectivity index (χ2v) is 6.90. The number of likely N-dealkylation sites (N-methyl/N-ethyl adjacent to an activating group) is 1. The van der Waals surface area contributed by atoms with Crippen LogP contribution in [0.4, 0.5) is 0 Å². The van der Waals surface area contributed by atoms with Gasteiger partial charge in [-0.3, -0.25) is 4.79 Å². The first-order valence-electron chi connectivity index (χ1n) is 8.55. The van der Waals surface area contributed by atoms with Gasteiger partial charge in [-0.05, 0) is 60.4 Å². The summed E-state index contributed by atoms with van der Waals surface area (Å²) in [6, 6.07) is 14.9. The summed E-state index contributed by atoms with van der Waals surface area (Å²) < 4.78 is 1.53. The first-order valence-corrected chi connectivity index (χ1v) is 8.92. The van der Waals surface area contributed by atoms with Crippen molar-refractivity contribution in [1.29, 1.82) is 0 Å². The summed E-state index contributed by atoms with van der Waals surface area (Å²) in [5.41, 5.74) is 2.32. The highest BCUT2D eigenvalue weighted by molar-refractivity contribution is 6.30. The van der Waals surface area contributed by atoms with Crippen molar-refractivity contribution >= 4 is 17.5 Å². The van der Waals surface area contributed by atoms with Crippen LogP contribution in [0.25, 0.3) is 5.69 Å². The first-order chi connectivity index (χ1) is 13.0. The van der Waals surface area contributed by atoms with Gasteiger partial charge in [0.05, 0.1) is 5.69 Å². The molecule has 0 fully saturated rings. The molecule has 1 aromatic heterocycles. The third-order valence-electron chi connectivity index (χ3n) is 4.07. The lowest BCUT2D eigenvalue weighted by Gasteiger charge is -2.25. The molecule has 0 saturated heterocycles. The zero-order valence-electron chi connectivity index (χ0n) is 15.3. The molecule has 0 bridgehead atoms. The van der Waals surface area contributed by atoms with Crippen molar-refractivity contribution < 1.29 is 4.79 Å². The second-order valence-electron chi connectivity index (χ2n) is 6.46. The molecule has 0 aliphatic heterocycles. The SMILES string of the molecule is CN(C)CCN(Cc1cccc(Cl)c1)C(=O)c1cccc(-n2cnnn2)c1. The standard InChI is InChI=1S/C19H21ClN6O/c1-24(2)9-10-25(13-15-5-3-7-17(20)11-15)19(27)16-6-4-8-18(12-16)26-14-21-22-23-26/h3-8,11-12,14H,9-10,13H2,1-2H3. The largest absolute Gasteiger partial charge is 0.333 e. The number of benzene rings is 2. The molecule has 0 atom stereocenters. The lowest BCUT2D eigenvalue weighted by molar-refractivity contribution is 0.0732. The summed E-state index contributed by atoms with van der Waals surface area (Å²) >= 11 is 6.10. The van der Waals surface area contributed by atoms with E-state index in [0.29, 0.717) is 23.7 Å². The van der Waals surface area contributed by atoms with Crippen molar-refractivity contribution in [3.63, 3.8) is 0 Å². The van der Waals surface area contributed by atoms with E-state index >= 15 is 0 Å². The Hall–Kier alpha value is -2.77. The van der Waals surface area contributed by atoms with Crippen LogP contribution in [-0.2, 0) is 6.54 Å². The van der Waals surface area contributed by atoms with Crippen molar-refractivity contribution in [2.75, 3.05) is 27.2 Å². The number of amides is 1. The van der Waals surface area contributed by atoms with Crippen molar-refractivity contribution in [3.8, 4) is 5.69 Å². The van der Waals surface area contributed by atoms with Gasteiger partial charge in [0.2, 0.25) is 0 Å². The molecule has 3 aromatic rings. The molecular formula is C19H21ClN6O. The van der Waals surface area contributed by atoms with Crippen LogP contribution >= 0.6 is 11.6 Å². The molecule has 140 valence electrons. The predicted molar refractivity (Wildman–Crippen MR) is 104 cm³/mol. The maximum atomic E-state index is 13.2. The number of tetrazole rings is 1. The maximum Gasteiger partial charge on any atom is 0.254 e. The fraction of sp³-hybridized carbons (Fsp3) is 0.263. The van der Waals surface area contributed by atoms with Crippen LogP contribution in [0.15, 0.2) is 54.9 Å². The zero-order valence-corrected chi connectivity index (χ0v) is 16.0. The average molecular weight is 385 g/mol. The molecule has 0 radical (unpaired) electrons. The van der Waals surface area contributed by atoms with Gasteiger partial charge in [-0.15, -0.1) is 5.10 Å². The van der Waals surface area contributed by atoms with Crippen LogP contribution < -0.4 is 0 Å². The van der Waals surface area contributed by atoms with E-state index in [9.17, 15) is 4.79 Å². The Balaban J connectivity index is 1.84. The number of hydrogen-bond acceptors (Lipinski definition) is 5. The molecule has 1 amide bonds. The monoisotopic (exact) mass is 384 g/mol. The lowest BCUT2D eigenvalue weighted by atomic mass is 10.1. The third-order valence-corrected chi connectivity index (χ3v) is 4.31. The molecule has 8 heteroatoms. The van der Waals surface area contributed by atoms with Crippen LogP contribution in [0.1, 0.15) is 15.9 Å². The molecule has 0 aliphatic carbocycles. The first kappa shape index (κ1) is 19.0. The van der Waals surface area contributed by atoms with E-state index in [4.69, 9.17) is 11.6 Å². The van der Waals surface area contributed by atoms with Crippen LogP contribution in [0.3, 0.4) is 0 Å². The fourth-order valence-corrected chi connectivity index (χ4v) is 2.89. The van der Waals surface area contributed by atoms with Gasteiger partial charge in [0.25, 0.3) is 5.91 Å². The summed E-state index contributed by atoms with van der Waals surface area (Å²) in [5.74, 6) is -0.0493. The molecule has 0 aliphatic rings. The van der Waals surface area contributed by atoms with Crippen molar-refractivity contribution in [3.05, 3.63) is 71.0 Å². The van der Waals surface area contributed by atoms with Crippen LogP contribution in [0.2, 0.25) is 5.02 Å². The van der Waals surface area contributed by atoms with Gasteiger partial charge >= 0.3 is 0 Å². The number of halogens is 1. The smallest absolute Gasteiger partial charge is 0.254 e. The molecule has 0 saturated carbocycles. The highest BCUT2D eigenvalue weighted by Crippen LogP contribution is 2.16. The van der Waals surface area contributed by atoms with E-state index in [1.807, 2.05) is 55.4 Å². The van der Waals surface area contributed by atoms with Gasteiger partial charge < -0.3 is 9.80 Å². The number of nitrogens with zero attached hydrogens (tertiary/aromatic N) is 6. The van der Waals surface area contributed by atoms with Gasteiger partial charge in [0.15, 0.2) is 0 Å². The Bertz CT molecular complexity index is 897. The van der Waals surface area contributed by atoms with Crippen molar-refractivity contribution in [1.82, 2.24) is 30.0 Å². The summed E-state index contributed by atoms with van der Waals surface area (Å²) in [5, 5.41) is 11.8. The van der Waals surface area contributed by atoms with E-state index in [0.717, 1.165) is 17.8 Å². The van der Waals surface area contributed by atoms with Crippen LogP contribution in [0, 0.1) is 0 Å². The topological polar surface area (TPSA) is 67.2 Å². The fourth-order valence-electron chi connectivity index (χ4n) is 2.67. The van der Waals surface area contributed by atoms with Crippen LogP contribution in [-0.4, -0.2) is 63.1 Å². The minimum Gasteiger partial charge on any atom is -0.333 e. The predicted octanol–water partition coefficient (Wildman–Crippen LogP) is 2.52. The molecule has 7 nitrogen and oxygen atoms in total. The number of aromatic nitrogens is 4. The highest BCUT2D eigenvalue weighted by atomic mass is 35.5. The Labute approximate surface area is 163 Å². The zero-order chi connectivity index (χ0) is 19.2. The summed E-state index contributed by atoms with van der Waals surface area (Å²) in [7, 11) is 3.97. The van der Waals surface area contributed by atoms with E-state index < -0.39 is 0 Å². The highest BCUT2D eigenvalue weighted by Gasteiger charge is 2.17. The van der Waals surface area contributed by atoms with E-state index in [1.165, 1.54) is 11.0 Å². The van der Waals surface area contributed by atoms with E-state index in [-0.39, 0.29) is 5.91 Å². The average Bonchev–Trinajstić information content (AvgIpc) is 3.19. The quantitative estimate of drug-likeness (QED) is 0.626. The summed E-state index contributed by atoms with van der Waals surface area (Å²) in [6.45, 7) is 1.86. The van der Waals surface area contributed by atoms with E-state index in [2.05, 4.69) is 20.4 Å². The molecule has 2 aromatic carbocycles. The summed E-state index contributed by atoms with van der Waals surface area (Å²) in [4.78, 5) is 17.1. The van der Waals surface area contributed by atoms with Gasteiger partial charge in [-0.2, -0.15) is 0 Å².